The number of rotatable bonds is 4. The van der Waals surface area contributed by atoms with Gasteiger partial charge in [-0.1, -0.05) is 35.9 Å². The molecule has 0 saturated carbocycles. The van der Waals surface area contributed by atoms with Crippen LogP contribution in [-0.4, -0.2) is 29.2 Å². The number of hydrogen-bond acceptors (Lipinski definition) is 6. The third-order valence-electron chi connectivity index (χ3n) is 4.90. The molecular formula is C24H18ClN3O3S. The van der Waals surface area contributed by atoms with E-state index in [4.69, 9.17) is 31.1 Å². The Morgan fingerprint density at radius 1 is 0.969 bits per heavy atom. The van der Waals surface area contributed by atoms with Gasteiger partial charge in [-0.2, -0.15) is 0 Å². The Kier molecular flexibility index (Phi) is 5.83. The fourth-order valence-electron chi connectivity index (χ4n) is 3.37. The highest BCUT2D eigenvalue weighted by molar-refractivity contribution is 8.14. The summed E-state index contributed by atoms with van der Waals surface area (Å²) in [4.78, 5) is 22.2. The van der Waals surface area contributed by atoms with E-state index < -0.39 is 0 Å². The normalized spacial score (nSPS) is 14.2. The number of amides is 1. The van der Waals surface area contributed by atoms with Crippen LogP contribution < -0.4 is 14.8 Å². The smallest absolute Gasteiger partial charge is 0.234 e. The van der Waals surface area contributed by atoms with E-state index >= 15 is 0 Å². The molecule has 1 N–H and O–H groups in total. The summed E-state index contributed by atoms with van der Waals surface area (Å²) in [5, 5.41) is 4.40. The molecular weight excluding hydrogens is 446 g/mol. The van der Waals surface area contributed by atoms with Crippen LogP contribution >= 0.6 is 23.4 Å². The van der Waals surface area contributed by atoms with Gasteiger partial charge in [0.2, 0.25) is 12.7 Å². The topological polar surface area (TPSA) is 72.3 Å². The predicted molar refractivity (Wildman–Crippen MR) is 129 cm³/mol. The maximum atomic E-state index is 12.6. The zero-order valence-corrected chi connectivity index (χ0v) is 18.4. The SMILES string of the molecule is O=C(CSC1=Nc2ccccc2N=C(c2ccc(Cl)cc2)C1)Nc1ccc2c(c1)OCO2. The van der Waals surface area contributed by atoms with Gasteiger partial charge in [-0.15, -0.1) is 11.8 Å². The maximum absolute atomic E-state index is 12.6. The van der Waals surface area contributed by atoms with Gasteiger partial charge in [-0.25, -0.2) is 4.99 Å². The molecule has 6 nitrogen and oxygen atoms in total. The Balaban J connectivity index is 1.31. The average Bonchev–Trinajstić information content (AvgIpc) is 3.18. The lowest BCUT2D eigenvalue weighted by Gasteiger charge is -2.09. The van der Waals surface area contributed by atoms with Crippen LogP contribution in [0.1, 0.15) is 12.0 Å². The molecule has 3 aromatic carbocycles. The Morgan fingerprint density at radius 2 is 1.72 bits per heavy atom. The number of carbonyl (C=O) groups is 1. The van der Waals surface area contributed by atoms with Crippen LogP contribution in [0.15, 0.2) is 76.7 Å². The van der Waals surface area contributed by atoms with Crippen LogP contribution in [0.25, 0.3) is 0 Å². The maximum Gasteiger partial charge on any atom is 0.234 e. The van der Waals surface area contributed by atoms with Crippen LogP contribution in [0.2, 0.25) is 5.02 Å². The monoisotopic (exact) mass is 463 g/mol. The van der Waals surface area contributed by atoms with E-state index in [2.05, 4.69) is 5.32 Å². The first-order valence-corrected chi connectivity index (χ1v) is 11.3. The molecule has 3 aromatic rings. The van der Waals surface area contributed by atoms with Gasteiger partial charge in [0.25, 0.3) is 0 Å². The van der Waals surface area contributed by atoms with Crippen molar-refractivity contribution < 1.29 is 14.3 Å². The molecule has 1 amide bonds. The predicted octanol–water partition coefficient (Wildman–Crippen LogP) is 6.00. The zero-order valence-electron chi connectivity index (χ0n) is 16.9. The average molecular weight is 464 g/mol. The van der Waals surface area contributed by atoms with E-state index in [-0.39, 0.29) is 18.5 Å². The molecule has 8 heteroatoms. The Morgan fingerprint density at radius 3 is 2.53 bits per heavy atom. The van der Waals surface area contributed by atoms with E-state index in [1.807, 2.05) is 48.5 Å². The number of aliphatic imine (C=N–C) groups is 2. The second-order valence-corrected chi connectivity index (χ2v) is 8.63. The zero-order chi connectivity index (χ0) is 21.9. The minimum absolute atomic E-state index is 0.126. The van der Waals surface area contributed by atoms with Gasteiger partial charge >= 0.3 is 0 Å². The summed E-state index contributed by atoms with van der Waals surface area (Å²) in [5.41, 5.74) is 4.11. The molecule has 0 aliphatic carbocycles. The van der Waals surface area contributed by atoms with Crippen molar-refractivity contribution in [3.05, 3.63) is 77.3 Å². The number of ether oxygens (including phenoxy) is 2. The van der Waals surface area contributed by atoms with Crippen molar-refractivity contribution in [2.45, 2.75) is 6.42 Å². The van der Waals surface area contributed by atoms with Gasteiger partial charge in [0.1, 0.15) is 0 Å². The number of fused-ring (bicyclic) bond motifs is 2. The number of para-hydroxylation sites is 2. The summed E-state index contributed by atoms with van der Waals surface area (Å²) < 4.78 is 10.7. The number of hydrogen-bond donors (Lipinski definition) is 1. The second-order valence-electron chi connectivity index (χ2n) is 7.14. The van der Waals surface area contributed by atoms with Gasteiger partial charge in [0, 0.05) is 23.2 Å². The van der Waals surface area contributed by atoms with E-state index in [0.29, 0.717) is 28.6 Å². The Hall–Kier alpha value is -3.29. The fraction of sp³-hybridized carbons (Fsp3) is 0.125. The summed E-state index contributed by atoms with van der Waals surface area (Å²) >= 11 is 7.45. The molecule has 0 radical (unpaired) electrons. The summed E-state index contributed by atoms with van der Waals surface area (Å²) in [6.07, 6.45) is 0.526. The molecule has 5 rings (SSSR count). The molecule has 0 spiro atoms. The molecule has 0 fully saturated rings. The van der Waals surface area contributed by atoms with Gasteiger partial charge < -0.3 is 14.8 Å². The first kappa shape index (κ1) is 20.6. The van der Waals surface area contributed by atoms with Crippen molar-refractivity contribution in [2.24, 2.45) is 9.98 Å². The van der Waals surface area contributed by atoms with Gasteiger partial charge in [-0.05, 0) is 42.0 Å². The highest BCUT2D eigenvalue weighted by atomic mass is 35.5. The highest BCUT2D eigenvalue weighted by Gasteiger charge is 2.18. The second kappa shape index (κ2) is 9.06. The molecule has 32 heavy (non-hydrogen) atoms. The van der Waals surface area contributed by atoms with E-state index in [1.54, 1.807) is 18.2 Å². The first-order valence-electron chi connectivity index (χ1n) is 9.96. The summed E-state index contributed by atoms with van der Waals surface area (Å²) in [7, 11) is 0. The third kappa shape index (κ3) is 4.64. The first-order chi connectivity index (χ1) is 15.6. The summed E-state index contributed by atoms with van der Waals surface area (Å²) in [5.74, 6) is 1.41. The summed E-state index contributed by atoms with van der Waals surface area (Å²) in [6.45, 7) is 0.196. The number of nitrogens with zero attached hydrogens (tertiary/aromatic N) is 2. The molecule has 0 atom stereocenters. The lowest BCUT2D eigenvalue weighted by Crippen LogP contribution is -2.16. The van der Waals surface area contributed by atoms with E-state index in [9.17, 15) is 4.79 Å². The lowest BCUT2D eigenvalue weighted by molar-refractivity contribution is -0.113. The number of benzene rings is 3. The van der Waals surface area contributed by atoms with Crippen LogP contribution in [0.5, 0.6) is 11.5 Å². The standard InChI is InChI=1S/C24H18ClN3O3S/c25-16-7-5-15(6-8-16)20-12-24(28-19-4-2-1-3-18(19)27-20)32-13-23(29)26-17-9-10-21-22(11-17)31-14-30-21/h1-11H,12-14H2,(H,26,29). The minimum Gasteiger partial charge on any atom is -0.454 e. The van der Waals surface area contributed by atoms with Crippen molar-refractivity contribution in [3.8, 4) is 11.5 Å². The third-order valence-corrected chi connectivity index (χ3v) is 6.13. The lowest BCUT2D eigenvalue weighted by atomic mass is 10.1. The van der Waals surface area contributed by atoms with Crippen molar-refractivity contribution >= 4 is 57.1 Å². The highest BCUT2D eigenvalue weighted by Crippen LogP contribution is 2.35. The molecule has 2 aliphatic rings. The van der Waals surface area contributed by atoms with Gasteiger partial charge in [0.15, 0.2) is 11.5 Å². The summed E-state index contributed by atoms with van der Waals surface area (Å²) in [6, 6.07) is 20.7. The van der Waals surface area contributed by atoms with Gasteiger partial charge in [0.05, 0.1) is 27.9 Å². The molecule has 0 unspecified atom stereocenters. The number of nitrogens with one attached hydrogen (secondary N) is 1. The van der Waals surface area contributed by atoms with Gasteiger partial charge in [-0.3, -0.25) is 9.79 Å². The van der Waals surface area contributed by atoms with E-state index in [1.165, 1.54) is 11.8 Å². The van der Waals surface area contributed by atoms with Crippen molar-refractivity contribution in [1.82, 2.24) is 0 Å². The van der Waals surface area contributed by atoms with Crippen molar-refractivity contribution in [1.29, 1.82) is 0 Å². The van der Waals surface area contributed by atoms with Crippen LogP contribution in [-0.2, 0) is 4.79 Å². The molecule has 2 heterocycles. The number of halogens is 1. The molecule has 0 aromatic heterocycles. The Bertz CT molecular complexity index is 1240. The minimum atomic E-state index is -0.126. The molecule has 160 valence electrons. The van der Waals surface area contributed by atoms with E-state index in [0.717, 1.165) is 27.7 Å². The molecule has 0 bridgehead atoms. The molecule has 2 aliphatic heterocycles. The fourth-order valence-corrected chi connectivity index (χ4v) is 4.27. The Labute approximate surface area is 194 Å². The number of thioether (sulfide) groups is 1. The largest absolute Gasteiger partial charge is 0.454 e. The van der Waals surface area contributed by atoms with Crippen LogP contribution in [0.3, 0.4) is 0 Å². The quantitative estimate of drug-likeness (QED) is 0.515. The van der Waals surface area contributed by atoms with Crippen LogP contribution in [0.4, 0.5) is 17.1 Å². The number of carbonyl (C=O) groups excluding carboxylic acids is 1. The molecule has 0 saturated heterocycles. The van der Waals surface area contributed by atoms with Crippen molar-refractivity contribution in [2.75, 3.05) is 17.9 Å². The number of anilines is 1. The van der Waals surface area contributed by atoms with Crippen LogP contribution in [0, 0.1) is 0 Å². The van der Waals surface area contributed by atoms with Crippen molar-refractivity contribution in [3.63, 3.8) is 0 Å².